The number of fused-ring (bicyclic) bond motifs is 2. The van der Waals surface area contributed by atoms with Crippen molar-refractivity contribution in [3.05, 3.63) is 119 Å². The van der Waals surface area contributed by atoms with E-state index in [4.69, 9.17) is 4.98 Å². The number of imidazole rings is 1. The van der Waals surface area contributed by atoms with Gasteiger partial charge in [0.2, 0.25) is 0 Å². The molecule has 0 saturated carbocycles. The fourth-order valence-electron chi connectivity index (χ4n) is 4.77. The fraction of sp³-hybridized carbons (Fsp3) is 0.167. The molecular formula is C30H26N4OS. The van der Waals surface area contributed by atoms with Crippen molar-refractivity contribution in [2.45, 2.75) is 30.8 Å². The maximum absolute atomic E-state index is 13.2. The molecule has 0 bridgehead atoms. The van der Waals surface area contributed by atoms with E-state index in [1.165, 1.54) is 16.7 Å². The van der Waals surface area contributed by atoms with E-state index in [1.807, 2.05) is 59.6 Å². The summed E-state index contributed by atoms with van der Waals surface area (Å²) in [6.45, 7) is 3.54. The van der Waals surface area contributed by atoms with Gasteiger partial charge in [-0.3, -0.25) is 9.78 Å². The molecule has 0 N–H and O–H groups in total. The van der Waals surface area contributed by atoms with Crippen LogP contribution in [0.3, 0.4) is 0 Å². The van der Waals surface area contributed by atoms with Crippen molar-refractivity contribution in [3.8, 4) is 0 Å². The van der Waals surface area contributed by atoms with Crippen molar-refractivity contribution < 1.29 is 4.79 Å². The quantitative estimate of drug-likeness (QED) is 0.263. The molecule has 2 aromatic heterocycles. The molecule has 0 unspecified atom stereocenters. The first-order chi connectivity index (χ1) is 17.7. The van der Waals surface area contributed by atoms with Gasteiger partial charge in [0.25, 0.3) is 5.91 Å². The predicted molar refractivity (Wildman–Crippen MR) is 146 cm³/mol. The summed E-state index contributed by atoms with van der Waals surface area (Å²) >= 11 is 1.74. The molecule has 6 rings (SSSR count). The van der Waals surface area contributed by atoms with Crippen LogP contribution in [0.2, 0.25) is 0 Å². The van der Waals surface area contributed by atoms with Gasteiger partial charge in [0.05, 0.1) is 23.8 Å². The predicted octanol–water partition coefficient (Wildman–Crippen LogP) is 6.28. The largest absolute Gasteiger partial charge is 0.313 e. The highest BCUT2D eigenvalue weighted by molar-refractivity contribution is 7.98. The van der Waals surface area contributed by atoms with Crippen LogP contribution in [-0.2, 0) is 18.7 Å². The van der Waals surface area contributed by atoms with Crippen molar-refractivity contribution in [3.63, 3.8) is 0 Å². The van der Waals surface area contributed by atoms with E-state index in [9.17, 15) is 4.79 Å². The fourth-order valence-corrected chi connectivity index (χ4v) is 5.86. The van der Waals surface area contributed by atoms with Gasteiger partial charge in [-0.2, -0.15) is 0 Å². The number of para-hydroxylation sites is 1. The zero-order valence-electron chi connectivity index (χ0n) is 20.1. The van der Waals surface area contributed by atoms with Crippen LogP contribution in [0, 0.1) is 6.92 Å². The van der Waals surface area contributed by atoms with Crippen molar-refractivity contribution in [2.75, 3.05) is 11.4 Å². The molecule has 0 fully saturated rings. The van der Waals surface area contributed by atoms with Crippen molar-refractivity contribution in [2.24, 2.45) is 0 Å². The summed E-state index contributed by atoms with van der Waals surface area (Å²) in [6, 6.07) is 26.6. The maximum atomic E-state index is 13.2. The third kappa shape index (κ3) is 4.29. The Bertz CT molecular complexity index is 1560. The number of amides is 1. The second-order valence-corrected chi connectivity index (χ2v) is 10.0. The first kappa shape index (κ1) is 22.6. The summed E-state index contributed by atoms with van der Waals surface area (Å²) in [6.07, 6.45) is 4.57. The first-order valence-corrected chi connectivity index (χ1v) is 13.1. The Labute approximate surface area is 214 Å². The van der Waals surface area contributed by atoms with Crippen LogP contribution in [0.15, 0.2) is 96.4 Å². The highest BCUT2D eigenvalue weighted by Gasteiger charge is 2.25. The molecule has 1 aliphatic heterocycles. The molecule has 5 aromatic rings. The Kier molecular flexibility index (Phi) is 6.03. The molecule has 5 nitrogen and oxygen atoms in total. The number of aryl methyl sites for hydroxylation is 1. The van der Waals surface area contributed by atoms with E-state index in [2.05, 4.69) is 46.8 Å². The SMILES string of the molecule is Cc1ccccc1CSc1nc2ccncc2n1Cc1ccc(C(=O)N2CCc3ccccc32)cc1. The van der Waals surface area contributed by atoms with Gasteiger partial charge in [-0.15, -0.1) is 0 Å². The van der Waals surface area contributed by atoms with Crippen LogP contribution in [0.5, 0.6) is 0 Å². The molecular weight excluding hydrogens is 464 g/mol. The number of carbonyl (C=O) groups excluding carboxylic acids is 1. The maximum Gasteiger partial charge on any atom is 0.258 e. The first-order valence-electron chi connectivity index (χ1n) is 12.1. The highest BCUT2D eigenvalue weighted by Crippen LogP contribution is 2.30. The molecule has 1 amide bonds. The average molecular weight is 491 g/mol. The lowest BCUT2D eigenvalue weighted by atomic mass is 10.1. The number of pyridine rings is 1. The van der Waals surface area contributed by atoms with E-state index in [0.717, 1.165) is 46.2 Å². The Morgan fingerprint density at radius 1 is 0.972 bits per heavy atom. The number of anilines is 1. The number of aromatic nitrogens is 3. The van der Waals surface area contributed by atoms with Gasteiger partial charge in [-0.25, -0.2) is 4.98 Å². The summed E-state index contributed by atoms with van der Waals surface area (Å²) in [5.74, 6) is 0.909. The van der Waals surface area contributed by atoms with Crippen LogP contribution in [-0.4, -0.2) is 27.0 Å². The molecule has 0 spiro atoms. The second kappa shape index (κ2) is 9.63. The normalized spacial score (nSPS) is 12.8. The van der Waals surface area contributed by atoms with Crippen LogP contribution < -0.4 is 4.90 Å². The number of carbonyl (C=O) groups is 1. The molecule has 0 atom stereocenters. The standard InChI is InChI=1S/C30H26N4OS/c1-21-6-2-3-8-25(21)20-36-30-32-26-14-16-31-18-28(26)34(30)19-22-10-12-24(13-11-22)29(35)33-17-15-23-7-4-5-9-27(23)33/h2-14,16,18H,15,17,19-20H2,1H3. The zero-order chi connectivity index (χ0) is 24.5. The van der Waals surface area contributed by atoms with E-state index in [0.29, 0.717) is 12.1 Å². The zero-order valence-corrected chi connectivity index (χ0v) is 20.9. The highest BCUT2D eigenvalue weighted by atomic mass is 32.2. The summed E-state index contributed by atoms with van der Waals surface area (Å²) in [4.78, 5) is 24.3. The smallest absolute Gasteiger partial charge is 0.258 e. The summed E-state index contributed by atoms with van der Waals surface area (Å²) in [5.41, 5.74) is 8.64. The van der Waals surface area contributed by atoms with E-state index in [1.54, 1.807) is 18.0 Å². The minimum atomic E-state index is 0.0539. The molecule has 1 aliphatic rings. The molecule has 3 aromatic carbocycles. The summed E-state index contributed by atoms with van der Waals surface area (Å²) in [5, 5.41) is 0.968. The van der Waals surface area contributed by atoms with E-state index >= 15 is 0 Å². The number of hydrogen-bond donors (Lipinski definition) is 0. The number of benzene rings is 3. The number of rotatable bonds is 6. The summed E-state index contributed by atoms with van der Waals surface area (Å²) < 4.78 is 2.22. The third-order valence-corrected chi connectivity index (χ3v) is 7.83. The van der Waals surface area contributed by atoms with E-state index < -0.39 is 0 Å². The lowest BCUT2D eigenvalue weighted by Gasteiger charge is -2.17. The topological polar surface area (TPSA) is 51.0 Å². The van der Waals surface area contributed by atoms with Crippen LogP contribution in [0.1, 0.15) is 32.6 Å². The Balaban J connectivity index is 1.24. The molecule has 178 valence electrons. The molecule has 3 heterocycles. The van der Waals surface area contributed by atoms with Gasteiger partial charge in [0.15, 0.2) is 5.16 Å². The van der Waals surface area contributed by atoms with Crippen LogP contribution >= 0.6 is 11.8 Å². The van der Waals surface area contributed by atoms with Gasteiger partial charge >= 0.3 is 0 Å². The van der Waals surface area contributed by atoms with E-state index in [-0.39, 0.29) is 5.91 Å². The van der Waals surface area contributed by atoms with Crippen molar-refractivity contribution in [1.82, 2.24) is 14.5 Å². The number of hydrogen-bond acceptors (Lipinski definition) is 4. The second-order valence-electron chi connectivity index (χ2n) is 9.09. The molecule has 0 aliphatic carbocycles. The van der Waals surface area contributed by atoms with Crippen molar-refractivity contribution >= 4 is 34.4 Å². The third-order valence-electron chi connectivity index (χ3n) is 6.81. The Hall–Kier alpha value is -3.90. The number of nitrogens with zero attached hydrogens (tertiary/aromatic N) is 4. The van der Waals surface area contributed by atoms with Crippen LogP contribution in [0.25, 0.3) is 11.0 Å². The number of thioether (sulfide) groups is 1. The minimum Gasteiger partial charge on any atom is -0.313 e. The van der Waals surface area contributed by atoms with Gasteiger partial charge < -0.3 is 9.47 Å². The average Bonchev–Trinajstić information content (AvgIpc) is 3.50. The van der Waals surface area contributed by atoms with Crippen LogP contribution in [0.4, 0.5) is 5.69 Å². The Morgan fingerprint density at radius 3 is 2.64 bits per heavy atom. The van der Waals surface area contributed by atoms with Gasteiger partial charge in [-0.1, -0.05) is 66.4 Å². The van der Waals surface area contributed by atoms with Gasteiger partial charge in [0, 0.05) is 29.7 Å². The van der Waals surface area contributed by atoms with Gasteiger partial charge in [0.1, 0.15) is 0 Å². The Morgan fingerprint density at radius 2 is 1.78 bits per heavy atom. The monoisotopic (exact) mass is 490 g/mol. The summed E-state index contributed by atoms with van der Waals surface area (Å²) in [7, 11) is 0. The lowest BCUT2D eigenvalue weighted by Crippen LogP contribution is -2.28. The molecule has 0 radical (unpaired) electrons. The molecule has 6 heteroatoms. The molecule has 36 heavy (non-hydrogen) atoms. The molecule has 0 saturated heterocycles. The lowest BCUT2D eigenvalue weighted by molar-refractivity contribution is 0.0989. The van der Waals surface area contributed by atoms with Crippen molar-refractivity contribution in [1.29, 1.82) is 0 Å². The van der Waals surface area contributed by atoms with Gasteiger partial charge in [-0.05, 0) is 59.9 Å². The minimum absolute atomic E-state index is 0.0539.